The fraction of sp³-hybridized carbons (Fsp3) is 0.0769. The highest BCUT2D eigenvalue weighted by Crippen LogP contribution is 2.34. The summed E-state index contributed by atoms with van der Waals surface area (Å²) in [4.78, 5) is 25.0. The van der Waals surface area contributed by atoms with Gasteiger partial charge in [0.15, 0.2) is 11.6 Å². The largest absolute Gasteiger partial charge is 0.465 e. The van der Waals surface area contributed by atoms with Gasteiger partial charge >= 0.3 is 5.97 Å². The number of carbonyl (C=O) groups is 2. The van der Waals surface area contributed by atoms with E-state index in [1.54, 1.807) is 13.0 Å². The molecule has 0 aliphatic rings. The second-order valence-electron chi connectivity index (χ2n) is 7.42. The fourth-order valence-electron chi connectivity index (χ4n) is 3.79. The van der Waals surface area contributed by atoms with Crippen LogP contribution < -0.4 is 5.32 Å². The van der Waals surface area contributed by atoms with Crippen molar-refractivity contribution in [1.82, 2.24) is 0 Å². The first-order valence-electron chi connectivity index (χ1n) is 9.97. The number of ether oxygens (including phenoxy) is 1. The minimum Gasteiger partial charge on any atom is -0.465 e. The lowest BCUT2D eigenvalue weighted by Gasteiger charge is -2.17. The van der Waals surface area contributed by atoms with Crippen LogP contribution in [0.15, 0.2) is 71.2 Å². The molecule has 4 nitrogen and oxygen atoms in total. The molecule has 33 heavy (non-hydrogen) atoms. The Kier molecular flexibility index (Phi) is 6.24. The maximum absolute atomic E-state index is 14.6. The minimum absolute atomic E-state index is 0.290. The Morgan fingerprint density at radius 3 is 2.24 bits per heavy atom. The Morgan fingerprint density at radius 1 is 0.939 bits per heavy atom. The molecular weight excluding hydrogens is 492 g/mol. The Hall–Kier alpha value is -3.58. The van der Waals surface area contributed by atoms with Crippen molar-refractivity contribution >= 4 is 44.3 Å². The smallest absolute Gasteiger partial charge is 0.338 e. The zero-order chi connectivity index (χ0) is 23.7. The van der Waals surface area contributed by atoms with Crippen LogP contribution in [0.25, 0.3) is 21.9 Å². The fourth-order valence-corrected chi connectivity index (χ4v) is 4.15. The molecular formula is C26H18BrF2NO3. The van der Waals surface area contributed by atoms with Gasteiger partial charge < -0.3 is 10.1 Å². The SMILES string of the molecule is COC(=O)c1cc(F)c(NC(=O)c2c(C)c(-c3ccccc3)cc3ccc(Br)cc23)c(F)c1. The van der Waals surface area contributed by atoms with E-state index < -0.39 is 29.2 Å². The number of halogens is 3. The summed E-state index contributed by atoms with van der Waals surface area (Å²) in [7, 11) is 1.11. The second kappa shape index (κ2) is 9.11. The van der Waals surface area contributed by atoms with E-state index in [0.717, 1.165) is 40.2 Å². The number of rotatable bonds is 4. The lowest BCUT2D eigenvalue weighted by atomic mass is 9.91. The summed E-state index contributed by atoms with van der Waals surface area (Å²) < 4.78 is 34.5. The van der Waals surface area contributed by atoms with Gasteiger partial charge in [-0.1, -0.05) is 52.3 Å². The van der Waals surface area contributed by atoms with E-state index in [1.807, 2.05) is 48.5 Å². The van der Waals surface area contributed by atoms with Gasteiger partial charge in [-0.05, 0) is 64.7 Å². The number of amides is 1. The predicted molar refractivity (Wildman–Crippen MR) is 127 cm³/mol. The van der Waals surface area contributed by atoms with Crippen LogP contribution >= 0.6 is 15.9 Å². The van der Waals surface area contributed by atoms with Crippen molar-refractivity contribution < 1.29 is 23.1 Å². The summed E-state index contributed by atoms with van der Waals surface area (Å²) in [6.07, 6.45) is 0. The predicted octanol–water partition coefficient (Wildman–Crippen LogP) is 6.89. The van der Waals surface area contributed by atoms with Gasteiger partial charge in [0.25, 0.3) is 5.91 Å². The molecule has 4 rings (SSSR count). The number of nitrogens with one attached hydrogen (secondary N) is 1. The molecule has 0 fully saturated rings. The van der Waals surface area contributed by atoms with E-state index in [2.05, 4.69) is 26.0 Å². The Balaban J connectivity index is 1.86. The van der Waals surface area contributed by atoms with Gasteiger partial charge in [0.05, 0.1) is 18.2 Å². The van der Waals surface area contributed by atoms with E-state index in [4.69, 9.17) is 0 Å². The maximum Gasteiger partial charge on any atom is 0.338 e. The van der Waals surface area contributed by atoms with Gasteiger partial charge in [0.1, 0.15) is 5.69 Å². The topological polar surface area (TPSA) is 55.4 Å². The van der Waals surface area contributed by atoms with Crippen molar-refractivity contribution in [3.63, 3.8) is 0 Å². The van der Waals surface area contributed by atoms with Gasteiger partial charge in [-0.15, -0.1) is 0 Å². The monoisotopic (exact) mass is 509 g/mol. The van der Waals surface area contributed by atoms with Gasteiger partial charge in [-0.3, -0.25) is 4.79 Å². The van der Waals surface area contributed by atoms with Gasteiger partial charge in [-0.25, -0.2) is 13.6 Å². The standard InChI is InChI=1S/C26H18BrF2NO3/c1-14-19(15-6-4-3-5-7-15)10-16-8-9-18(27)13-20(16)23(14)25(31)30-24-21(28)11-17(12-22(24)29)26(32)33-2/h3-13H,1-2H3,(H,30,31). The summed E-state index contributed by atoms with van der Waals surface area (Å²) in [6, 6.07) is 18.7. The molecule has 166 valence electrons. The third-order valence-corrected chi connectivity index (χ3v) is 5.87. The summed E-state index contributed by atoms with van der Waals surface area (Å²) in [5.41, 5.74) is 1.77. The number of benzene rings is 4. The summed E-state index contributed by atoms with van der Waals surface area (Å²) in [5, 5.41) is 3.79. The van der Waals surface area contributed by atoms with Crippen LogP contribution in [0, 0.1) is 18.6 Å². The molecule has 0 unspecified atom stereocenters. The summed E-state index contributed by atoms with van der Waals surface area (Å²) in [6.45, 7) is 1.80. The van der Waals surface area contributed by atoms with Crippen LogP contribution in [0.5, 0.6) is 0 Å². The van der Waals surface area contributed by atoms with Gasteiger partial charge in [0.2, 0.25) is 0 Å². The number of fused-ring (bicyclic) bond motifs is 1. The van der Waals surface area contributed by atoms with Crippen LogP contribution in [0.4, 0.5) is 14.5 Å². The van der Waals surface area contributed by atoms with Crippen molar-refractivity contribution in [2.75, 3.05) is 12.4 Å². The van der Waals surface area contributed by atoms with E-state index in [-0.39, 0.29) is 5.56 Å². The first-order valence-corrected chi connectivity index (χ1v) is 10.8. The molecule has 7 heteroatoms. The highest BCUT2D eigenvalue weighted by molar-refractivity contribution is 9.10. The number of hydrogen-bond acceptors (Lipinski definition) is 3. The van der Waals surface area contributed by atoms with Crippen molar-refractivity contribution in [2.24, 2.45) is 0 Å². The lowest BCUT2D eigenvalue weighted by Crippen LogP contribution is -2.17. The first-order chi connectivity index (χ1) is 15.8. The number of carbonyl (C=O) groups excluding carboxylic acids is 2. The molecule has 0 saturated heterocycles. The minimum atomic E-state index is -1.08. The number of methoxy groups -OCH3 is 1. The van der Waals surface area contributed by atoms with E-state index in [0.29, 0.717) is 16.5 Å². The number of anilines is 1. The molecule has 0 aromatic heterocycles. The first kappa shape index (κ1) is 22.6. The number of hydrogen-bond donors (Lipinski definition) is 1. The molecule has 0 bridgehead atoms. The van der Waals surface area contributed by atoms with Gasteiger partial charge in [0, 0.05) is 4.47 Å². The Bertz CT molecular complexity index is 1380. The van der Waals surface area contributed by atoms with E-state index in [1.165, 1.54) is 0 Å². The molecule has 0 radical (unpaired) electrons. The average Bonchev–Trinajstić information content (AvgIpc) is 2.80. The normalized spacial score (nSPS) is 10.8. The van der Waals surface area contributed by atoms with Gasteiger partial charge in [-0.2, -0.15) is 0 Å². The molecule has 0 saturated carbocycles. The third kappa shape index (κ3) is 4.36. The van der Waals surface area contributed by atoms with E-state index >= 15 is 0 Å². The second-order valence-corrected chi connectivity index (χ2v) is 8.33. The zero-order valence-electron chi connectivity index (χ0n) is 17.7. The van der Waals surface area contributed by atoms with Crippen LogP contribution in [0.1, 0.15) is 26.3 Å². The molecule has 0 heterocycles. The quantitative estimate of drug-likeness (QED) is 0.304. The summed E-state index contributed by atoms with van der Waals surface area (Å²) in [5.74, 6) is -3.71. The molecule has 0 spiro atoms. The molecule has 4 aromatic carbocycles. The highest BCUT2D eigenvalue weighted by atomic mass is 79.9. The Labute approximate surface area is 197 Å². The van der Waals surface area contributed by atoms with Crippen LogP contribution in [-0.2, 0) is 4.74 Å². The molecule has 1 amide bonds. The summed E-state index contributed by atoms with van der Waals surface area (Å²) >= 11 is 3.43. The van der Waals surface area contributed by atoms with Crippen LogP contribution in [-0.4, -0.2) is 19.0 Å². The van der Waals surface area contributed by atoms with Crippen LogP contribution in [0.2, 0.25) is 0 Å². The van der Waals surface area contributed by atoms with Crippen molar-refractivity contribution in [1.29, 1.82) is 0 Å². The average molecular weight is 510 g/mol. The molecule has 0 aliphatic heterocycles. The van der Waals surface area contributed by atoms with Crippen molar-refractivity contribution in [3.05, 3.63) is 99.5 Å². The lowest BCUT2D eigenvalue weighted by molar-refractivity contribution is 0.0599. The number of esters is 1. The van der Waals surface area contributed by atoms with Crippen molar-refractivity contribution in [3.8, 4) is 11.1 Å². The third-order valence-electron chi connectivity index (χ3n) is 5.38. The molecule has 0 aliphatic carbocycles. The molecule has 4 aromatic rings. The zero-order valence-corrected chi connectivity index (χ0v) is 19.3. The molecule has 1 N–H and O–H groups in total. The molecule has 0 atom stereocenters. The van der Waals surface area contributed by atoms with Crippen molar-refractivity contribution in [2.45, 2.75) is 6.92 Å². The van der Waals surface area contributed by atoms with E-state index in [9.17, 15) is 18.4 Å². The Morgan fingerprint density at radius 2 is 1.61 bits per heavy atom. The maximum atomic E-state index is 14.6. The van der Waals surface area contributed by atoms with Crippen LogP contribution in [0.3, 0.4) is 0 Å². The highest BCUT2D eigenvalue weighted by Gasteiger charge is 2.22.